The molecule has 0 unspecified atom stereocenters. The van der Waals surface area contributed by atoms with E-state index in [1.165, 1.54) is 6.07 Å². The second-order valence-corrected chi connectivity index (χ2v) is 3.77. The van der Waals surface area contributed by atoms with E-state index in [4.69, 9.17) is 16.3 Å². The van der Waals surface area contributed by atoms with Gasteiger partial charge in [-0.05, 0) is 18.6 Å². The minimum Gasteiger partial charge on any atom is -0.447 e. The Kier molecular flexibility index (Phi) is 3.99. The first-order valence-electron chi connectivity index (χ1n) is 4.47. The number of ether oxygens (including phenoxy) is 1. The molecule has 1 aromatic carbocycles. The van der Waals surface area contributed by atoms with Crippen LogP contribution in [0.4, 0.5) is 9.18 Å². The number of alkyl carbamates (subject to hydrolysis) is 1. The molecule has 0 bridgehead atoms. The number of cyclic esters (lactones) is 1. The highest BCUT2D eigenvalue weighted by Gasteiger charge is 2.28. The molecular formula is C10H10Cl2FNO2. The van der Waals surface area contributed by atoms with Gasteiger partial charge in [-0.2, -0.15) is 0 Å². The average molecular weight is 266 g/mol. The van der Waals surface area contributed by atoms with E-state index >= 15 is 0 Å². The lowest BCUT2D eigenvalue weighted by Crippen LogP contribution is -2.20. The number of halogens is 3. The van der Waals surface area contributed by atoms with Gasteiger partial charge in [0.1, 0.15) is 12.4 Å². The third-order valence-electron chi connectivity index (χ3n) is 2.34. The molecule has 0 aliphatic carbocycles. The summed E-state index contributed by atoms with van der Waals surface area (Å²) in [7, 11) is 0. The van der Waals surface area contributed by atoms with Crippen LogP contribution < -0.4 is 5.32 Å². The van der Waals surface area contributed by atoms with Crippen LogP contribution in [0.5, 0.6) is 0 Å². The molecule has 0 spiro atoms. The number of benzene rings is 1. The highest BCUT2D eigenvalue weighted by molar-refractivity contribution is 6.32. The fourth-order valence-electron chi connectivity index (χ4n) is 1.54. The van der Waals surface area contributed by atoms with Crippen molar-refractivity contribution in [3.05, 3.63) is 34.1 Å². The van der Waals surface area contributed by atoms with Crippen LogP contribution in [0.1, 0.15) is 17.2 Å². The number of hydrogen-bond donors (Lipinski definition) is 1. The van der Waals surface area contributed by atoms with Gasteiger partial charge in [-0.1, -0.05) is 17.7 Å². The van der Waals surface area contributed by atoms with Crippen molar-refractivity contribution in [3.8, 4) is 0 Å². The van der Waals surface area contributed by atoms with Gasteiger partial charge in [0.2, 0.25) is 0 Å². The van der Waals surface area contributed by atoms with E-state index < -0.39 is 18.0 Å². The Hall–Kier alpha value is -1.00. The molecule has 1 aromatic rings. The van der Waals surface area contributed by atoms with Gasteiger partial charge in [0.05, 0.1) is 11.1 Å². The number of nitrogens with one attached hydrogen (secondary N) is 1. The summed E-state index contributed by atoms with van der Waals surface area (Å²) in [5.41, 5.74) is 1.07. The largest absolute Gasteiger partial charge is 0.447 e. The zero-order valence-corrected chi connectivity index (χ0v) is 9.99. The first kappa shape index (κ1) is 13.1. The molecular weight excluding hydrogens is 256 g/mol. The number of amides is 1. The Balaban J connectivity index is 0.00000128. The van der Waals surface area contributed by atoms with Crippen molar-refractivity contribution in [2.45, 2.75) is 13.0 Å². The number of hydrogen-bond acceptors (Lipinski definition) is 2. The molecule has 16 heavy (non-hydrogen) atoms. The number of carbonyl (C=O) groups excluding carboxylic acids is 1. The number of carbonyl (C=O) groups is 1. The maximum Gasteiger partial charge on any atom is 0.407 e. The molecule has 1 amide bonds. The summed E-state index contributed by atoms with van der Waals surface area (Å²) in [6.07, 6.45) is -0.544. The molecule has 0 aromatic heterocycles. The topological polar surface area (TPSA) is 38.3 Å². The molecule has 1 aliphatic rings. The van der Waals surface area contributed by atoms with Crippen molar-refractivity contribution in [3.63, 3.8) is 0 Å². The second kappa shape index (κ2) is 4.89. The average Bonchev–Trinajstić information content (AvgIpc) is 2.59. The molecule has 1 aliphatic heterocycles. The molecule has 0 radical (unpaired) electrons. The van der Waals surface area contributed by atoms with Crippen LogP contribution >= 0.6 is 24.0 Å². The summed E-state index contributed by atoms with van der Waals surface area (Å²) < 4.78 is 18.2. The third kappa shape index (κ3) is 2.23. The molecule has 1 saturated heterocycles. The summed E-state index contributed by atoms with van der Waals surface area (Å²) in [4.78, 5) is 10.8. The SMILES string of the molecule is Cc1ccc(F)c([C@@H]2COC(=O)N2)c1Cl.Cl. The van der Waals surface area contributed by atoms with Gasteiger partial charge in [0, 0.05) is 5.56 Å². The Morgan fingerprint density at radius 1 is 1.56 bits per heavy atom. The van der Waals surface area contributed by atoms with Crippen molar-refractivity contribution < 1.29 is 13.9 Å². The maximum atomic E-state index is 13.5. The van der Waals surface area contributed by atoms with Crippen LogP contribution in [-0.4, -0.2) is 12.7 Å². The van der Waals surface area contributed by atoms with Crippen LogP contribution in [-0.2, 0) is 4.74 Å². The summed E-state index contributed by atoms with van der Waals surface area (Å²) in [5, 5.41) is 2.83. The molecule has 1 heterocycles. The van der Waals surface area contributed by atoms with E-state index in [1.807, 2.05) is 0 Å². The normalized spacial score (nSPS) is 18.7. The van der Waals surface area contributed by atoms with Crippen LogP contribution in [0, 0.1) is 12.7 Å². The minimum absolute atomic E-state index is 0. The van der Waals surface area contributed by atoms with Crippen LogP contribution in [0.3, 0.4) is 0 Å². The van der Waals surface area contributed by atoms with Crippen molar-refractivity contribution in [1.82, 2.24) is 5.32 Å². The van der Waals surface area contributed by atoms with Gasteiger partial charge in [0.25, 0.3) is 0 Å². The van der Waals surface area contributed by atoms with Gasteiger partial charge in [-0.25, -0.2) is 9.18 Å². The van der Waals surface area contributed by atoms with E-state index in [0.29, 0.717) is 10.6 Å². The molecule has 3 nitrogen and oxygen atoms in total. The highest BCUT2D eigenvalue weighted by atomic mass is 35.5. The Morgan fingerprint density at radius 3 is 2.81 bits per heavy atom. The van der Waals surface area contributed by atoms with Gasteiger partial charge in [-0.3, -0.25) is 0 Å². The predicted molar refractivity (Wildman–Crippen MR) is 60.6 cm³/mol. The van der Waals surface area contributed by atoms with E-state index in [9.17, 15) is 9.18 Å². The molecule has 6 heteroatoms. The van der Waals surface area contributed by atoms with Gasteiger partial charge in [-0.15, -0.1) is 12.4 Å². The fourth-order valence-corrected chi connectivity index (χ4v) is 1.82. The summed E-state index contributed by atoms with van der Waals surface area (Å²) in [5.74, 6) is -0.429. The van der Waals surface area contributed by atoms with Crippen molar-refractivity contribution >= 4 is 30.1 Å². The molecule has 1 fully saturated rings. The van der Waals surface area contributed by atoms with Crippen molar-refractivity contribution in [1.29, 1.82) is 0 Å². The molecule has 0 saturated carbocycles. The van der Waals surface area contributed by atoms with E-state index in [0.717, 1.165) is 5.56 Å². The molecule has 1 N–H and O–H groups in total. The Labute approximate surface area is 103 Å². The Bertz CT molecular complexity index is 426. The van der Waals surface area contributed by atoms with Crippen LogP contribution in [0.25, 0.3) is 0 Å². The Morgan fingerprint density at radius 2 is 2.25 bits per heavy atom. The molecule has 2 rings (SSSR count). The lowest BCUT2D eigenvalue weighted by molar-refractivity contribution is 0.177. The summed E-state index contributed by atoms with van der Waals surface area (Å²) in [6, 6.07) is 2.43. The third-order valence-corrected chi connectivity index (χ3v) is 2.84. The summed E-state index contributed by atoms with van der Waals surface area (Å²) >= 11 is 5.98. The zero-order chi connectivity index (χ0) is 11.0. The smallest absolute Gasteiger partial charge is 0.407 e. The fraction of sp³-hybridized carbons (Fsp3) is 0.300. The number of aryl methyl sites for hydroxylation is 1. The van der Waals surface area contributed by atoms with Crippen LogP contribution in [0.2, 0.25) is 5.02 Å². The summed E-state index contributed by atoms with van der Waals surface area (Å²) in [6.45, 7) is 1.89. The maximum absolute atomic E-state index is 13.5. The molecule has 1 atom stereocenters. The van der Waals surface area contributed by atoms with E-state index in [1.54, 1.807) is 13.0 Å². The predicted octanol–water partition coefficient (Wildman–Crippen LogP) is 2.99. The van der Waals surface area contributed by atoms with E-state index in [-0.39, 0.29) is 19.0 Å². The number of rotatable bonds is 1. The zero-order valence-electron chi connectivity index (χ0n) is 8.42. The lowest BCUT2D eigenvalue weighted by Gasteiger charge is -2.12. The standard InChI is InChI=1S/C10H9ClFNO2.ClH/c1-5-2-3-6(12)8(9(5)11)7-4-15-10(14)13-7;/h2-3,7H,4H2,1H3,(H,13,14);1H/t7-;/m0./s1. The van der Waals surface area contributed by atoms with Crippen LogP contribution in [0.15, 0.2) is 12.1 Å². The monoisotopic (exact) mass is 265 g/mol. The van der Waals surface area contributed by atoms with Crippen molar-refractivity contribution in [2.75, 3.05) is 6.61 Å². The second-order valence-electron chi connectivity index (χ2n) is 3.39. The molecule has 88 valence electrons. The van der Waals surface area contributed by atoms with E-state index in [2.05, 4.69) is 5.32 Å². The quantitative estimate of drug-likeness (QED) is 0.848. The first-order chi connectivity index (χ1) is 7.09. The van der Waals surface area contributed by atoms with Gasteiger partial charge < -0.3 is 10.1 Å². The first-order valence-corrected chi connectivity index (χ1v) is 4.85. The minimum atomic E-state index is -0.544. The van der Waals surface area contributed by atoms with Crippen molar-refractivity contribution in [2.24, 2.45) is 0 Å². The lowest BCUT2D eigenvalue weighted by atomic mass is 10.0. The van der Waals surface area contributed by atoms with Gasteiger partial charge >= 0.3 is 6.09 Å². The van der Waals surface area contributed by atoms with Gasteiger partial charge in [0.15, 0.2) is 0 Å². The highest BCUT2D eigenvalue weighted by Crippen LogP contribution is 2.30.